The number of nitrogens with zero attached hydrogens (tertiary/aromatic N) is 1. The van der Waals surface area contributed by atoms with E-state index >= 15 is 0 Å². The van der Waals surface area contributed by atoms with Crippen molar-refractivity contribution in [2.45, 2.75) is 45.6 Å². The number of aliphatic hydroxyl groups excluding tert-OH is 1. The van der Waals surface area contributed by atoms with Gasteiger partial charge in [0.2, 0.25) is 0 Å². The molecule has 2 amide bonds. The van der Waals surface area contributed by atoms with Crippen molar-refractivity contribution in [1.82, 2.24) is 5.32 Å². The number of urea groups is 1. The van der Waals surface area contributed by atoms with Crippen molar-refractivity contribution in [3.05, 3.63) is 24.3 Å². The summed E-state index contributed by atoms with van der Waals surface area (Å²) in [6.07, 6.45) is 3.92. The van der Waals surface area contributed by atoms with Gasteiger partial charge in [0.15, 0.2) is 0 Å². The van der Waals surface area contributed by atoms with E-state index in [1.165, 1.54) is 18.5 Å². The molecule has 0 aliphatic carbocycles. The zero-order valence-corrected chi connectivity index (χ0v) is 14.2. The summed E-state index contributed by atoms with van der Waals surface area (Å²) in [5.74, 6) is 0.804. The van der Waals surface area contributed by atoms with E-state index in [9.17, 15) is 4.79 Å². The van der Waals surface area contributed by atoms with Crippen LogP contribution in [0.15, 0.2) is 24.3 Å². The summed E-state index contributed by atoms with van der Waals surface area (Å²) in [5, 5.41) is 14.6. The number of piperidine rings is 1. The zero-order chi connectivity index (χ0) is 16.7. The molecular formula is C18H29N3O2. The van der Waals surface area contributed by atoms with Gasteiger partial charge in [-0.1, -0.05) is 13.0 Å². The van der Waals surface area contributed by atoms with E-state index in [1.807, 2.05) is 25.1 Å². The van der Waals surface area contributed by atoms with Crippen molar-refractivity contribution in [3.63, 3.8) is 0 Å². The summed E-state index contributed by atoms with van der Waals surface area (Å²) in [7, 11) is 0. The molecule has 1 aromatic carbocycles. The Kier molecular flexibility index (Phi) is 6.71. The number of anilines is 2. The highest BCUT2D eigenvalue weighted by atomic mass is 16.3. The minimum Gasteiger partial charge on any atom is -0.396 e. The molecule has 0 saturated carbocycles. The largest absolute Gasteiger partial charge is 0.396 e. The number of benzene rings is 1. The lowest BCUT2D eigenvalue weighted by molar-refractivity contribution is 0.245. The van der Waals surface area contributed by atoms with Crippen LogP contribution >= 0.6 is 0 Å². The average Bonchev–Trinajstić information content (AvgIpc) is 2.53. The van der Waals surface area contributed by atoms with Gasteiger partial charge in [-0.2, -0.15) is 0 Å². The first kappa shape index (κ1) is 17.6. The van der Waals surface area contributed by atoms with Crippen LogP contribution in [0.4, 0.5) is 16.2 Å². The number of hydrogen-bond acceptors (Lipinski definition) is 3. The van der Waals surface area contributed by atoms with Crippen LogP contribution in [0.2, 0.25) is 0 Å². The van der Waals surface area contributed by atoms with Crippen molar-refractivity contribution in [1.29, 1.82) is 0 Å². The Morgan fingerprint density at radius 1 is 1.39 bits per heavy atom. The summed E-state index contributed by atoms with van der Waals surface area (Å²) in [4.78, 5) is 14.4. The second kappa shape index (κ2) is 8.77. The fourth-order valence-corrected chi connectivity index (χ4v) is 2.91. The third-order valence-corrected chi connectivity index (χ3v) is 4.43. The van der Waals surface area contributed by atoms with Gasteiger partial charge in [-0.15, -0.1) is 0 Å². The zero-order valence-electron chi connectivity index (χ0n) is 14.2. The average molecular weight is 319 g/mol. The predicted molar refractivity (Wildman–Crippen MR) is 95.0 cm³/mol. The summed E-state index contributed by atoms with van der Waals surface area (Å²) < 4.78 is 0. The number of hydrogen-bond donors (Lipinski definition) is 3. The summed E-state index contributed by atoms with van der Waals surface area (Å²) in [5.41, 5.74) is 1.98. The van der Waals surface area contributed by atoms with Crippen LogP contribution in [0.25, 0.3) is 0 Å². The second-order valence-corrected chi connectivity index (χ2v) is 6.59. The molecule has 1 aliphatic heterocycles. The standard InChI is InChI=1S/C18H29N3O2/c1-14-8-10-21(11-9-14)17-7-3-6-16(13-17)20-18(23)19-15(2)5-4-12-22/h3,6-7,13-15,22H,4-5,8-12H2,1-2H3,(H2,19,20,23). The van der Waals surface area contributed by atoms with E-state index < -0.39 is 0 Å². The van der Waals surface area contributed by atoms with Gasteiger partial charge in [0, 0.05) is 37.1 Å². The maximum absolute atomic E-state index is 12.0. The number of aliphatic hydroxyl groups is 1. The molecule has 1 fully saturated rings. The SMILES string of the molecule is CC1CCN(c2cccc(NC(=O)NC(C)CCCO)c2)CC1. The molecule has 3 N–H and O–H groups in total. The van der Waals surface area contributed by atoms with Crippen LogP contribution < -0.4 is 15.5 Å². The molecular weight excluding hydrogens is 290 g/mol. The molecule has 5 heteroatoms. The number of carbonyl (C=O) groups is 1. The lowest BCUT2D eigenvalue weighted by atomic mass is 9.99. The van der Waals surface area contributed by atoms with Gasteiger partial charge < -0.3 is 20.6 Å². The van der Waals surface area contributed by atoms with Crippen LogP contribution in [0.1, 0.15) is 39.5 Å². The molecule has 0 spiro atoms. The van der Waals surface area contributed by atoms with Crippen molar-refractivity contribution >= 4 is 17.4 Å². The van der Waals surface area contributed by atoms with Gasteiger partial charge in [0.1, 0.15) is 0 Å². The maximum atomic E-state index is 12.0. The summed E-state index contributed by atoms with van der Waals surface area (Å²) in [6, 6.07) is 7.89. The molecule has 1 aliphatic rings. The van der Waals surface area contributed by atoms with Gasteiger partial charge in [-0.05, 0) is 56.7 Å². The van der Waals surface area contributed by atoms with E-state index in [0.717, 1.165) is 31.1 Å². The van der Waals surface area contributed by atoms with Gasteiger partial charge in [-0.25, -0.2) is 4.79 Å². The summed E-state index contributed by atoms with van der Waals surface area (Å²) >= 11 is 0. The normalized spacial score (nSPS) is 16.9. The van der Waals surface area contributed by atoms with Crippen molar-refractivity contribution in [2.75, 3.05) is 29.9 Å². The fourth-order valence-electron chi connectivity index (χ4n) is 2.91. The molecule has 128 valence electrons. The number of nitrogens with one attached hydrogen (secondary N) is 2. The maximum Gasteiger partial charge on any atom is 0.319 e. The van der Waals surface area contributed by atoms with E-state index in [0.29, 0.717) is 6.42 Å². The first-order chi connectivity index (χ1) is 11.1. The van der Waals surface area contributed by atoms with Crippen molar-refractivity contribution in [2.24, 2.45) is 5.92 Å². The molecule has 1 heterocycles. The topological polar surface area (TPSA) is 64.6 Å². The Morgan fingerprint density at radius 2 is 2.13 bits per heavy atom. The monoisotopic (exact) mass is 319 g/mol. The predicted octanol–water partition coefficient (Wildman–Crippen LogP) is 3.21. The quantitative estimate of drug-likeness (QED) is 0.754. The van der Waals surface area contributed by atoms with Gasteiger partial charge in [0.25, 0.3) is 0 Å². The minimum atomic E-state index is -0.195. The van der Waals surface area contributed by atoms with Crippen LogP contribution in [0.5, 0.6) is 0 Å². The Bertz CT molecular complexity index is 499. The Labute approximate surface area is 139 Å². The highest BCUT2D eigenvalue weighted by molar-refractivity contribution is 5.90. The molecule has 0 aromatic heterocycles. The third-order valence-electron chi connectivity index (χ3n) is 4.43. The smallest absolute Gasteiger partial charge is 0.319 e. The van der Waals surface area contributed by atoms with E-state index in [2.05, 4.69) is 28.5 Å². The molecule has 0 bridgehead atoms. The van der Waals surface area contributed by atoms with Gasteiger partial charge in [0.05, 0.1) is 0 Å². The molecule has 2 rings (SSSR count). The van der Waals surface area contributed by atoms with Crippen LogP contribution in [0.3, 0.4) is 0 Å². The molecule has 0 radical (unpaired) electrons. The second-order valence-electron chi connectivity index (χ2n) is 6.59. The first-order valence-corrected chi connectivity index (χ1v) is 8.62. The molecule has 23 heavy (non-hydrogen) atoms. The van der Waals surface area contributed by atoms with E-state index in [1.54, 1.807) is 0 Å². The van der Waals surface area contributed by atoms with Crippen LogP contribution in [0, 0.1) is 5.92 Å². The van der Waals surface area contributed by atoms with Crippen LogP contribution in [-0.4, -0.2) is 36.9 Å². The van der Waals surface area contributed by atoms with Crippen molar-refractivity contribution < 1.29 is 9.90 Å². The van der Waals surface area contributed by atoms with Gasteiger partial charge >= 0.3 is 6.03 Å². The molecule has 1 unspecified atom stereocenters. The van der Waals surface area contributed by atoms with Crippen LogP contribution in [-0.2, 0) is 0 Å². The number of amides is 2. The highest BCUT2D eigenvalue weighted by Gasteiger charge is 2.16. The number of rotatable bonds is 6. The molecule has 1 aromatic rings. The molecule has 5 nitrogen and oxygen atoms in total. The Morgan fingerprint density at radius 3 is 2.83 bits per heavy atom. The lowest BCUT2D eigenvalue weighted by Crippen LogP contribution is -2.36. The summed E-state index contributed by atoms with van der Waals surface area (Å²) in [6.45, 7) is 6.56. The molecule has 1 saturated heterocycles. The highest BCUT2D eigenvalue weighted by Crippen LogP contribution is 2.25. The molecule has 1 atom stereocenters. The fraction of sp³-hybridized carbons (Fsp3) is 0.611. The Balaban J connectivity index is 1.88. The third kappa shape index (κ3) is 5.75. The first-order valence-electron chi connectivity index (χ1n) is 8.62. The minimum absolute atomic E-state index is 0.0499. The lowest BCUT2D eigenvalue weighted by Gasteiger charge is -2.32. The van der Waals surface area contributed by atoms with Crippen molar-refractivity contribution in [3.8, 4) is 0 Å². The van der Waals surface area contributed by atoms with E-state index in [-0.39, 0.29) is 18.7 Å². The Hall–Kier alpha value is -1.75. The van der Waals surface area contributed by atoms with Gasteiger partial charge in [-0.3, -0.25) is 0 Å². The van der Waals surface area contributed by atoms with E-state index in [4.69, 9.17) is 5.11 Å². The number of carbonyl (C=O) groups excluding carboxylic acids is 1.